The van der Waals surface area contributed by atoms with Crippen molar-refractivity contribution >= 4 is 24.1 Å². The first-order chi connectivity index (χ1) is 13.8. The van der Waals surface area contributed by atoms with Gasteiger partial charge in [-0.15, -0.1) is 0 Å². The summed E-state index contributed by atoms with van der Waals surface area (Å²) >= 11 is 0. The van der Waals surface area contributed by atoms with Gasteiger partial charge in [-0.25, -0.2) is 9.59 Å². The van der Waals surface area contributed by atoms with Gasteiger partial charge in [-0.3, -0.25) is 20.4 Å². The second-order valence-corrected chi connectivity index (χ2v) is 9.66. The molecule has 2 aliphatic rings. The molecule has 2 rings (SSSR count). The molecule has 0 aromatic carbocycles. The first-order valence-electron chi connectivity index (χ1n) is 10.3. The molecular formula is C21H34N4O5. The summed E-state index contributed by atoms with van der Waals surface area (Å²) in [7, 11) is 0. The van der Waals surface area contributed by atoms with Crippen molar-refractivity contribution in [1.82, 2.24) is 16.0 Å². The molecule has 0 aromatic rings. The van der Waals surface area contributed by atoms with Crippen LogP contribution in [0.2, 0.25) is 0 Å². The minimum absolute atomic E-state index is 0.0169. The number of alkyl carbamates (subject to hydrolysis) is 2. The molecule has 0 saturated heterocycles. The molecule has 9 nitrogen and oxygen atoms in total. The van der Waals surface area contributed by atoms with Gasteiger partial charge in [0.2, 0.25) is 11.9 Å². The Morgan fingerprint density at radius 2 is 1.50 bits per heavy atom. The maximum absolute atomic E-state index is 12.4. The number of nitrogens with one attached hydrogen (secondary N) is 3. The van der Waals surface area contributed by atoms with E-state index >= 15 is 0 Å². The van der Waals surface area contributed by atoms with Crippen molar-refractivity contribution in [3.63, 3.8) is 0 Å². The molecule has 2 bridgehead atoms. The normalized spacial score (nSPS) is 22.3. The third-order valence-corrected chi connectivity index (χ3v) is 4.54. The van der Waals surface area contributed by atoms with Crippen molar-refractivity contribution in [2.24, 2.45) is 22.7 Å². The maximum atomic E-state index is 12.4. The van der Waals surface area contributed by atoms with Crippen molar-refractivity contribution in [2.45, 2.75) is 65.6 Å². The van der Waals surface area contributed by atoms with Crippen molar-refractivity contribution in [3.05, 3.63) is 12.2 Å². The fourth-order valence-electron chi connectivity index (χ4n) is 3.47. The number of nitrogens with zero attached hydrogens (tertiary/aromatic N) is 1. The van der Waals surface area contributed by atoms with Crippen LogP contribution in [0.25, 0.3) is 0 Å². The molecular weight excluding hydrogens is 388 g/mol. The lowest BCUT2D eigenvalue weighted by Crippen LogP contribution is -2.47. The minimum atomic E-state index is -0.755. The molecule has 3 N–H and O–H groups in total. The summed E-state index contributed by atoms with van der Waals surface area (Å²) in [5, 5.41) is 7.70. The Morgan fingerprint density at radius 1 is 0.933 bits per heavy atom. The van der Waals surface area contributed by atoms with Crippen molar-refractivity contribution in [1.29, 1.82) is 0 Å². The number of ether oxygens (including phenoxy) is 2. The molecule has 3 unspecified atom stereocenters. The van der Waals surface area contributed by atoms with Crippen LogP contribution in [0.5, 0.6) is 0 Å². The zero-order valence-corrected chi connectivity index (χ0v) is 18.7. The van der Waals surface area contributed by atoms with E-state index in [0.29, 0.717) is 11.8 Å². The smallest absolute Gasteiger partial charge is 0.414 e. The minimum Gasteiger partial charge on any atom is -0.444 e. The van der Waals surface area contributed by atoms with Crippen LogP contribution in [0.4, 0.5) is 9.59 Å². The number of allylic oxidation sites excluding steroid dienone is 2. The number of aliphatic imine (C=N–C) groups is 1. The summed E-state index contributed by atoms with van der Waals surface area (Å²) in [6, 6.07) is 0. The number of rotatable bonds is 4. The van der Waals surface area contributed by atoms with Gasteiger partial charge >= 0.3 is 12.2 Å². The third kappa shape index (κ3) is 8.04. The van der Waals surface area contributed by atoms with Crippen LogP contribution in [0.1, 0.15) is 54.4 Å². The van der Waals surface area contributed by atoms with E-state index in [1.54, 1.807) is 41.5 Å². The zero-order valence-electron chi connectivity index (χ0n) is 18.7. The Labute approximate surface area is 178 Å². The number of guanidine groups is 1. The zero-order chi connectivity index (χ0) is 22.5. The molecule has 0 aliphatic heterocycles. The third-order valence-electron chi connectivity index (χ3n) is 4.54. The molecule has 1 fully saturated rings. The van der Waals surface area contributed by atoms with E-state index in [1.165, 1.54) is 0 Å². The Bertz CT molecular complexity index is 686. The number of amides is 3. The second-order valence-electron chi connectivity index (χ2n) is 9.66. The lowest BCUT2D eigenvalue weighted by molar-refractivity contribution is -0.125. The van der Waals surface area contributed by atoms with Crippen LogP contribution in [-0.2, 0) is 14.3 Å². The van der Waals surface area contributed by atoms with Crippen LogP contribution >= 0.6 is 0 Å². The highest BCUT2D eigenvalue weighted by molar-refractivity contribution is 6.01. The predicted molar refractivity (Wildman–Crippen MR) is 113 cm³/mol. The van der Waals surface area contributed by atoms with E-state index in [2.05, 4.69) is 33.1 Å². The van der Waals surface area contributed by atoms with Gasteiger partial charge in [-0.05, 0) is 66.2 Å². The first-order valence-corrected chi connectivity index (χ1v) is 10.3. The van der Waals surface area contributed by atoms with Crippen LogP contribution < -0.4 is 16.0 Å². The van der Waals surface area contributed by atoms with Gasteiger partial charge in [0.25, 0.3) is 0 Å². The molecule has 30 heavy (non-hydrogen) atoms. The number of fused-ring (bicyclic) bond motifs is 2. The van der Waals surface area contributed by atoms with Crippen LogP contribution in [0.3, 0.4) is 0 Å². The SMILES string of the molecule is CC(C)(C)OC(=O)NC(=NCCNC(=O)C1CC2C=CC1C2)NC(=O)OC(C)(C)C. The van der Waals surface area contributed by atoms with Crippen molar-refractivity contribution < 1.29 is 23.9 Å². The Hall–Kier alpha value is -2.58. The largest absolute Gasteiger partial charge is 0.444 e. The van der Waals surface area contributed by atoms with Crippen LogP contribution in [0, 0.1) is 17.8 Å². The van der Waals surface area contributed by atoms with E-state index in [4.69, 9.17) is 9.47 Å². The first kappa shape index (κ1) is 23.7. The highest BCUT2D eigenvalue weighted by Gasteiger charge is 2.39. The lowest BCUT2D eigenvalue weighted by Gasteiger charge is -2.22. The van der Waals surface area contributed by atoms with Gasteiger partial charge in [0.15, 0.2) is 0 Å². The molecule has 0 aromatic heterocycles. The quantitative estimate of drug-likeness (QED) is 0.279. The monoisotopic (exact) mass is 422 g/mol. The lowest BCUT2D eigenvalue weighted by atomic mass is 9.93. The second kappa shape index (κ2) is 9.49. The van der Waals surface area contributed by atoms with Crippen LogP contribution in [0.15, 0.2) is 17.1 Å². The number of hydrogen-bond acceptors (Lipinski definition) is 6. The highest BCUT2D eigenvalue weighted by atomic mass is 16.6. The van der Waals surface area contributed by atoms with Crippen LogP contribution in [-0.4, -0.2) is 48.3 Å². The fraction of sp³-hybridized carbons (Fsp3) is 0.714. The molecule has 3 amide bonds. The Kier molecular flexibility index (Phi) is 7.49. The Balaban J connectivity index is 1.88. The molecule has 0 radical (unpaired) electrons. The predicted octanol–water partition coefficient (Wildman–Crippen LogP) is 2.72. The van der Waals surface area contributed by atoms with Crippen molar-refractivity contribution in [2.75, 3.05) is 13.1 Å². The molecule has 168 valence electrons. The summed E-state index contributed by atoms with van der Waals surface area (Å²) in [5.74, 6) is 0.783. The van der Waals surface area contributed by atoms with Gasteiger partial charge in [0.05, 0.1) is 6.54 Å². The Morgan fingerprint density at radius 3 is 1.93 bits per heavy atom. The van der Waals surface area contributed by atoms with E-state index in [0.717, 1.165) is 12.8 Å². The molecule has 2 aliphatic carbocycles. The van der Waals surface area contributed by atoms with E-state index in [9.17, 15) is 14.4 Å². The van der Waals surface area contributed by atoms with Gasteiger partial charge in [0.1, 0.15) is 11.2 Å². The van der Waals surface area contributed by atoms with Gasteiger partial charge < -0.3 is 14.8 Å². The molecule has 0 spiro atoms. The summed E-state index contributed by atoms with van der Waals surface area (Å²) in [4.78, 5) is 40.6. The van der Waals surface area contributed by atoms with Gasteiger partial charge in [-0.1, -0.05) is 12.2 Å². The van der Waals surface area contributed by atoms with Gasteiger partial charge in [0, 0.05) is 12.5 Å². The summed E-state index contributed by atoms with van der Waals surface area (Å²) in [6.45, 7) is 10.8. The topological polar surface area (TPSA) is 118 Å². The fourth-order valence-corrected chi connectivity index (χ4v) is 3.47. The number of carbonyl (C=O) groups is 3. The summed E-state index contributed by atoms with van der Waals surface area (Å²) in [6.07, 6.45) is 4.76. The molecule has 9 heteroatoms. The average Bonchev–Trinajstić information content (AvgIpc) is 3.17. The number of hydrogen-bond donors (Lipinski definition) is 3. The molecule has 1 saturated carbocycles. The number of carbonyl (C=O) groups excluding carboxylic acids is 3. The standard InChI is InChI=1S/C21H34N4O5/c1-20(2,3)29-18(27)24-17(25-19(28)30-21(4,5)6)23-10-9-22-16(26)15-12-13-7-8-14(15)11-13/h7-8,13-15H,9-12H2,1-6H3,(H,22,26)(H2,23,24,25,27,28). The van der Waals surface area contributed by atoms with E-state index in [-0.39, 0.29) is 30.9 Å². The average molecular weight is 423 g/mol. The highest BCUT2D eigenvalue weighted by Crippen LogP contribution is 2.43. The molecule has 0 heterocycles. The maximum Gasteiger partial charge on any atom is 0.414 e. The van der Waals surface area contributed by atoms with Gasteiger partial charge in [-0.2, -0.15) is 0 Å². The summed E-state index contributed by atoms with van der Waals surface area (Å²) < 4.78 is 10.4. The molecule has 3 atom stereocenters. The van der Waals surface area contributed by atoms with Crippen molar-refractivity contribution in [3.8, 4) is 0 Å². The van der Waals surface area contributed by atoms with E-state index in [1.807, 2.05) is 0 Å². The summed E-state index contributed by atoms with van der Waals surface area (Å²) in [5.41, 5.74) is -1.41. The van der Waals surface area contributed by atoms with E-state index < -0.39 is 23.4 Å².